The summed E-state index contributed by atoms with van der Waals surface area (Å²) < 4.78 is 41.3. The summed E-state index contributed by atoms with van der Waals surface area (Å²) in [4.78, 5) is 11.7. The van der Waals surface area contributed by atoms with E-state index in [2.05, 4.69) is 10.3 Å². The van der Waals surface area contributed by atoms with E-state index in [1.54, 1.807) is 4.72 Å². The van der Waals surface area contributed by atoms with Gasteiger partial charge in [-0.25, -0.2) is 22.2 Å². The zero-order valence-electron chi connectivity index (χ0n) is 14.0. The maximum absolute atomic E-state index is 13.8. The van der Waals surface area contributed by atoms with Crippen LogP contribution in [0.1, 0.15) is 16.2 Å². The van der Waals surface area contributed by atoms with Crippen LogP contribution in [0.4, 0.5) is 4.39 Å². The van der Waals surface area contributed by atoms with E-state index in [-0.39, 0.29) is 27.1 Å². The van der Waals surface area contributed by atoms with E-state index in [0.29, 0.717) is 5.02 Å². The Bertz CT molecular complexity index is 1170. The van der Waals surface area contributed by atoms with Crippen molar-refractivity contribution in [2.45, 2.75) is 11.8 Å². The Kier molecular flexibility index (Phi) is 5.62. The summed E-state index contributed by atoms with van der Waals surface area (Å²) in [5.41, 5.74) is 0.0723. The van der Waals surface area contributed by atoms with Crippen molar-refractivity contribution in [2.24, 2.45) is 0 Å². The van der Waals surface area contributed by atoms with Crippen molar-refractivity contribution in [3.8, 4) is 5.69 Å². The zero-order chi connectivity index (χ0) is 20.6. The van der Waals surface area contributed by atoms with Crippen LogP contribution in [0, 0.1) is 12.7 Å². The number of sulfonamides is 1. The molecule has 1 heterocycles. The molecule has 2 aromatic carbocycles. The van der Waals surface area contributed by atoms with E-state index in [9.17, 15) is 17.6 Å². The van der Waals surface area contributed by atoms with Gasteiger partial charge in [-0.05, 0) is 31.2 Å². The molecule has 12 heteroatoms. The van der Waals surface area contributed by atoms with Crippen LogP contribution in [0.15, 0.2) is 41.3 Å². The third-order valence-electron chi connectivity index (χ3n) is 3.66. The number of carbonyl (C=O) groups is 1. The van der Waals surface area contributed by atoms with Gasteiger partial charge in [-0.2, -0.15) is 0 Å². The number of rotatable bonds is 4. The first-order valence-electron chi connectivity index (χ1n) is 7.50. The molecule has 7 nitrogen and oxygen atoms in total. The minimum Gasteiger partial charge on any atom is -0.266 e. The first-order valence-corrected chi connectivity index (χ1v) is 10.1. The molecule has 1 amide bonds. The molecule has 1 aromatic heterocycles. The lowest BCUT2D eigenvalue weighted by Crippen LogP contribution is -2.32. The highest BCUT2D eigenvalue weighted by molar-refractivity contribution is 7.90. The predicted octanol–water partition coefficient (Wildman–Crippen LogP) is 3.79. The number of hydrogen-bond acceptors (Lipinski definition) is 5. The lowest BCUT2D eigenvalue weighted by molar-refractivity contribution is 0.0976. The lowest BCUT2D eigenvalue weighted by Gasteiger charge is -2.09. The van der Waals surface area contributed by atoms with Gasteiger partial charge in [-0.3, -0.25) is 4.79 Å². The molecule has 3 aromatic rings. The third kappa shape index (κ3) is 3.83. The molecule has 0 aliphatic heterocycles. The molecule has 0 atom stereocenters. The molecule has 0 aliphatic carbocycles. The maximum atomic E-state index is 13.8. The predicted molar refractivity (Wildman–Crippen MR) is 102 cm³/mol. The maximum Gasteiger partial charge on any atom is 0.287 e. The number of nitrogens with one attached hydrogen (secondary N) is 1. The fourth-order valence-electron chi connectivity index (χ4n) is 2.38. The van der Waals surface area contributed by atoms with Gasteiger partial charge < -0.3 is 0 Å². The van der Waals surface area contributed by atoms with Gasteiger partial charge in [0.1, 0.15) is 16.4 Å². The molecule has 0 fully saturated rings. The Morgan fingerprint density at radius 2 is 1.75 bits per heavy atom. The molecule has 3 rings (SSSR count). The smallest absolute Gasteiger partial charge is 0.266 e. The van der Waals surface area contributed by atoms with E-state index >= 15 is 0 Å². The Morgan fingerprint density at radius 1 is 1.14 bits per heavy atom. The molecule has 0 aliphatic rings. The quantitative estimate of drug-likeness (QED) is 0.635. The Hall–Kier alpha value is -2.20. The standard InChI is InChI=1S/C16H10Cl3FN4O3S/c1-8-14(16(25)22-28(26,27)13-5-3-2-4-12(13)20)21-23-24(8)15-10(18)6-9(17)7-11(15)19/h2-7H,1H3,(H,22,25). The van der Waals surface area contributed by atoms with Gasteiger partial charge in [0.2, 0.25) is 0 Å². The molecular formula is C16H10Cl3FN4O3S. The molecule has 0 unspecified atom stereocenters. The second kappa shape index (κ2) is 7.67. The summed E-state index contributed by atoms with van der Waals surface area (Å²) in [6.45, 7) is 1.46. The zero-order valence-corrected chi connectivity index (χ0v) is 17.0. The molecule has 0 radical (unpaired) electrons. The Balaban J connectivity index is 1.97. The molecule has 0 spiro atoms. The monoisotopic (exact) mass is 462 g/mol. The van der Waals surface area contributed by atoms with Crippen LogP contribution in [-0.2, 0) is 10.0 Å². The third-order valence-corrected chi connectivity index (χ3v) is 5.82. The topological polar surface area (TPSA) is 93.9 Å². The van der Waals surface area contributed by atoms with Crippen molar-refractivity contribution in [2.75, 3.05) is 0 Å². The van der Waals surface area contributed by atoms with E-state index < -0.39 is 26.6 Å². The molecule has 146 valence electrons. The van der Waals surface area contributed by atoms with Crippen molar-refractivity contribution in [1.82, 2.24) is 19.7 Å². The normalized spacial score (nSPS) is 11.5. The summed E-state index contributed by atoms with van der Waals surface area (Å²) in [6, 6.07) is 7.49. The van der Waals surface area contributed by atoms with Gasteiger partial charge >= 0.3 is 0 Å². The first kappa shape index (κ1) is 20.5. The highest BCUT2D eigenvalue weighted by Gasteiger charge is 2.26. The molecule has 0 bridgehead atoms. The lowest BCUT2D eigenvalue weighted by atomic mass is 10.3. The van der Waals surface area contributed by atoms with E-state index in [1.165, 1.54) is 35.9 Å². The first-order chi connectivity index (χ1) is 13.1. The number of aromatic nitrogens is 3. The highest BCUT2D eigenvalue weighted by Crippen LogP contribution is 2.32. The fraction of sp³-hybridized carbons (Fsp3) is 0.0625. The van der Waals surface area contributed by atoms with Gasteiger partial charge in [0.15, 0.2) is 5.69 Å². The van der Waals surface area contributed by atoms with Gasteiger partial charge in [0.25, 0.3) is 15.9 Å². The van der Waals surface area contributed by atoms with Gasteiger partial charge in [-0.1, -0.05) is 52.1 Å². The van der Waals surface area contributed by atoms with E-state index in [1.807, 2.05) is 0 Å². The van der Waals surface area contributed by atoms with Crippen molar-refractivity contribution in [1.29, 1.82) is 0 Å². The summed E-state index contributed by atoms with van der Waals surface area (Å²) in [5, 5.41) is 8.09. The van der Waals surface area contributed by atoms with Crippen LogP contribution in [0.25, 0.3) is 5.69 Å². The van der Waals surface area contributed by atoms with E-state index in [0.717, 1.165) is 12.1 Å². The fourth-order valence-corrected chi connectivity index (χ4v) is 4.39. The number of carbonyl (C=O) groups excluding carboxylic acids is 1. The van der Waals surface area contributed by atoms with Gasteiger partial charge in [0.05, 0.1) is 15.7 Å². The summed E-state index contributed by atoms with van der Waals surface area (Å²) in [5.74, 6) is -2.09. The summed E-state index contributed by atoms with van der Waals surface area (Å²) >= 11 is 18.2. The van der Waals surface area contributed by atoms with Crippen LogP contribution >= 0.6 is 34.8 Å². The van der Waals surface area contributed by atoms with Crippen LogP contribution in [0.2, 0.25) is 15.1 Å². The van der Waals surface area contributed by atoms with Crippen molar-refractivity contribution in [3.05, 3.63) is 68.7 Å². The van der Waals surface area contributed by atoms with Gasteiger partial charge in [0, 0.05) is 5.02 Å². The molecule has 1 N–H and O–H groups in total. The van der Waals surface area contributed by atoms with Crippen molar-refractivity contribution < 1.29 is 17.6 Å². The second-order valence-electron chi connectivity index (χ2n) is 5.52. The molecule has 28 heavy (non-hydrogen) atoms. The van der Waals surface area contributed by atoms with Crippen LogP contribution in [-0.4, -0.2) is 29.3 Å². The van der Waals surface area contributed by atoms with Crippen molar-refractivity contribution >= 4 is 50.7 Å². The summed E-state index contributed by atoms with van der Waals surface area (Å²) in [6.07, 6.45) is 0. The Morgan fingerprint density at radius 3 is 2.36 bits per heavy atom. The van der Waals surface area contributed by atoms with Gasteiger partial charge in [-0.15, -0.1) is 5.10 Å². The van der Waals surface area contributed by atoms with E-state index in [4.69, 9.17) is 34.8 Å². The highest BCUT2D eigenvalue weighted by atomic mass is 35.5. The average molecular weight is 464 g/mol. The number of nitrogens with zero attached hydrogens (tertiary/aromatic N) is 3. The largest absolute Gasteiger partial charge is 0.287 e. The van der Waals surface area contributed by atoms with Crippen LogP contribution in [0.5, 0.6) is 0 Å². The number of benzene rings is 2. The van der Waals surface area contributed by atoms with Crippen LogP contribution in [0.3, 0.4) is 0 Å². The minimum atomic E-state index is -4.45. The molecular weight excluding hydrogens is 454 g/mol. The molecule has 0 saturated carbocycles. The summed E-state index contributed by atoms with van der Waals surface area (Å²) in [7, 11) is -4.45. The average Bonchev–Trinajstić information content (AvgIpc) is 2.95. The minimum absolute atomic E-state index is 0.149. The van der Waals surface area contributed by atoms with Crippen molar-refractivity contribution in [3.63, 3.8) is 0 Å². The number of halogens is 4. The Labute approximate surface area is 174 Å². The number of amides is 1. The molecule has 0 saturated heterocycles. The van der Waals surface area contributed by atoms with Crippen LogP contribution < -0.4 is 4.72 Å². The second-order valence-corrected chi connectivity index (χ2v) is 8.42. The SMILES string of the molecule is Cc1c(C(=O)NS(=O)(=O)c2ccccc2F)nnn1-c1c(Cl)cc(Cl)cc1Cl. The number of hydrogen-bond donors (Lipinski definition) is 1.